The van der Waals surface area contributed by atoms with Crippen molar-refractivity contribution >= 4 is 5.96 Å². The van der Waals surface area contributed by atoms with Gasteiger partial charge in [-0.2, -0.15) is 5.12 Å². The molecule has 2 rings (SSSR count). The van der Waals surface area contributed by atoms with Crippen molar-refractivity contribution in [2.45, 2.75) is 13.5 Å². The van der Waals surface area contributed by atoms with Crippen molar-refractivity contribution in [2.75, 3.05) is 13.2 Å². The maximum atomic E-state index is 13.3. The molecule has 18 heavy (non-hydrogen) atoms. The van der Waals surface area contributed by atoms with E-state index < -0.39 is 0 Å². The number of hydrogen-bond acceptors (Lipinski definition) is 5. The fourth-order valence-corrected chi connectivity index (χ4v) is 1.52. The molecule has 1 aromatic rings. The third kappa shape index (κ3) is 3.19. The van der Waals surface area contributed by atoms with Gasteiger partial charge in [0.05, 0.1) is 13.2 Å². The smallest absolute Gasteiger partial charge is 0.227 e. The summed E-state index contributed by atoms with van der Waals surface area (Å²) in [6.45, 7) is 3.43. The van der Waals surface area contributed by atoms with Crippen molar-refractivity contribution < 1.29 is 9.22 Å². The van der Waals surface area contributed by atoms with Gasteiger partial charge in [-0.05, 0) is 24.6 Å². The summed E-state index contributed by atoms with van der Waals surface area (Å²) in [6, 6.07) is 3.66. The van der Waals surface area contributed by atoms with E-state index in [4.69, 9.17) is 4.74 Å². The highest BCUT2D eigenvalue weighted by molar-refractivity contribution is 5.80. The predicted molar refractivity (Wildman–Crippen MR) is 66.6 cm³/mol. The van der Waals surface area contributed by atoms with Gasteiger partial charge in [-0.15, -0.1) is 0 Å². The number of ether oxygens (including phenoxy) is 1. The number of nitrogens with zero attached hydrogens (tertiary/aromatic N) is 3. The molecule has 0 fully saturated rings. The maximum Gasteiger partial charge on any atom is 0.227 e. The van der Waals surface area contributed by atoms with E-state index in [-0.39, 0.29) is 5.96 Å². The lowest BCUT2D eigenvalue weighted by atomic mass is 10.2. The Morgan fingerprint density at radius 2 is 2.44 bits per heavy atom. The zero-order valence-corrected chi connectivity index (χ0v) is 10.1. The van der Waals surface area contributed by atoms with Crippen LogP contribution in [-0.4, -0.2) is 29.2 Å². The summed E-state index contributed by atoms with van der Waals surface area (Å²) in [5.74, 6) is 0.784. The Morgan fingerprint density at radius 1 is 1.56 bits per heavy atom. The van der Waals surface area contributed by atoms with Gasteiger partial charge in [0.15, 0.2) is 0 Å². The fraction of sp³-hybridized carbons (Fsp3) is 0.333. The van der Waals surface area contributed by atoms with E-state index in [1.807, 2.05) is 19.1 Å². The van der Waals surface area contributed by atoms with Crippen LogP contribution >= 0.6 is 0 Å². The number of hydrogen-bond donors (Lipinski definition) is 1. The number of guanidine groups is 1. The van der Waals surface area contributed by atoms with Crippen molar-refractivity contribution in [3.63, 3.8) is 0 Å². The Labute approximate surface area is 105 Å². The summed E-state index contributed by atoms with van der Waals surface area (Å²) in [5, 5.41) is 3.39. The summed E-state index contributed by atoms with van der Waals surface area (Å²) in [4.78, 5) is 8.07. The second-order valence-corrected chi connectivity index (χ2v) is 3.65. The molecule has 0 unspecified atom stereocenters. The molecule has 5 nitrogen and oxygen atoms in total. The molecule has 0 saturated carbocycles. The number of halogens is 1. The van der Waals surface area contributed by atoms with Crippen molar-refractivity contribution in [3.05, 3.63) is 36.2 Å². The molecule has 0 bridgehead atoms. The molecule has 1 N–H and O–H groups in total. The molecule has 2 heterocycles. The van der Waals surface area contributed by atoms with E-state index in [0.29, 0.717) is 30.7 Å². The van der Waals surface area contributed by atoms with Crippen LogP contribution in [0.3, 0.4) is 0 Å². The van der Waals surface area contributed by atoms with Gasteiger partial charge in [-0.3, -0.25) is 0 Å². The minimum absolute atomic E-state index is 0.215. The van der Waals surface area contributed by atoms with E-state index in [1.54, 1.807) is 12.3 Å². The summed E-state index contributed by atoms with van der Waals surface area (Å²) < 4.78 is 18.6. The Kier molecular flexibility index (Phi) is 4.11. The first kappa shape index (κ1) is 12.3. The standard InChI is InChI=1S/C12H15FN4O/c1-2-18-11-8-10(4-6-14-11)9-16-12-15-5-3-7-17(12)13/h3-4,6-8H,2,5,9H2,1H3,(H,15,16). The van der Waals surface area contributed by atoms with E-state index >= 15 is 0 Å². The second kappa shape index (κ2) is 6.00. The second-order valence-electron chi connectivity index (χ2n) is 3.65. The summed E-state index contributed by atoms with van der Waals surface area (Å²) >= 11 is 0. The average molecular weight is 250 g/mol. The SMILES string of the molecule is CCOc1cc(CNC2=NCC=CN2F)ccn1. The number of aromatic nitrogens is 1. The highest BCUT2D eigenvalue weighted by Gasteiger charge is 2.09. The molecule has 0 aliphatic carbocycles. The monoisotopic (exact) mass is 250 g/mol. The van der Waals surface area contributed by atoms with Gasteiger partial charge in [0.25, 0.3) is 0 Å². The average Bonchev–Trinajstić information content (AvgIpc) is 2.39. The van der Waals surface area contributed by atoms with Gasteiger partial charge >= 0.3 is 0 Å². The molecule has 1 aliphatic heterocycles. The zero-order chi connectivity index (χ0) is 12.8. The van der Waals surface area contributed by atoms with Crippen LogP contribution < -0.4 is 10.1 Å². The van der Waals surface area contributed by atoms with Crippen molar-refractivity contribution in [3.8, 4) is 5.88 Å². The molecule has 6 heteroatoms. The van der Waals surface area contributed by atoms with Gasteiger partial charge in [0.1, 0.15) is 0 Å². The molecule has 0 atom stereocenters. The fourth-order valence-electron chi connectivity index (χ4n) is 1.52. The molecule has 0 aromatic carbocycles. The molecule has 0 spiro atoms. The van der Waals surface area contributed by atoms with Gasteiger partial charge in [0.2, 0.25) is 11.8 Å². The van der Waals surface area contributed by atoms with Gasteiger partial charge in [-0.1, -0.05) is 4.48 Å². The number of rotatable bonds is 4. The first-order valence-corrected chi connectivity index (χ1v) is 5.77. The summed E-state index contributed by atoms with van der Waals surface area (Å²) in [5.41, 5.74) is 0.958. The lowest BCUT2D eigenvalue weighted by molar-refractivity contribution is 0.181. The molecular formula is C12H15FN4O. The van der Waals surface area contributed by atoms with Crippen LogP contribution in [0.15, 0.2) is 35.6 Å². The number of nitrogens with one attached hydrogen (secondary N) is 1. The van der Waals surface area contributed by atoms with Crippen LogP contribution in [0.5, 0.6) is 5.88 Å². The number of pyridine rings is 1. The summed E-state index contributed by atoms with van der Waals surface area (Å²) in [7, 11) is 0. The minimum atomic E-state index is 0.215. The van der Waals surface area contributed by atoms with Gasteiger partial charge in [-0.25, -0.2) is 9.98 Å². The minimum Gasteiger partial charge on any atom is -0.478 e. The predicted octanol–water partition coefficient (Wildman–Crippen LogP) is 1.64. The van der Waals surface area contributed by atoms with E-state index in [1.165, 1.54) is 6.20 Å². The number of aliphatic imine (C=N–C) groups is 1. The normalized spacial score (nSPS) is 14.3. The maximum absolute atomic E-state index is 13.3. The van der Waals surface area contributed by atoms with Crippen LogP contribution in [-0.2, 0) is 6.54 Å². The lowest BCUT2D eigenvalue weighted by Gasteiger charge is -2.16. The Morgan fingerprint density at radius 3 is 3.22 bits per heavy atom. The van der Waals surface area contributed by atoms with E-state index in [2.05, 4.69) is 15.3 Å². The first-order valence-electron chi connectivity index (χ1n) is 5.77. The lowest BCUT2D eigenvalue weighted by Crippen LogP contribution is -2.34. The quantitative estimate of drug-likeness (QED) is 0.825. The highest BCUT2D eigenvalue weighted by Crippen LogP contribution is 2.09. The molecule has 0 amide bonds. The Hall–Kier alpha value is -2.11. The van der Waals surface area contributed by atoms with Crippen LogP contribution in [0.25, 0.3) is 0 Å². The molecule has 0 saturated heterocycles. The van der Waals surface area contributed by atoms with Crippen molar-refractivity contribution in [1.82, 2.24) is 15.4 Å². The van der Waals surface area contributed by atoms with Crippen LogP contribution in [0, 0.1) is 0 Å². The van der Waals surface area contributed by atoms with E-state index in [9.17, 15) is 4.48 Å². The van der Waals surface area contributed by atoms with Gasteiger partial charge in [0, 0.05) is 25.0 Å². The van der Waals surface area contributed by atoms with Crippen LogP contribution in [0.2, 0.25) is 0 Å². The van der Waals surface area contributed by atoms with Crippen molar-refractivity contribution in [2.24, 2.45) is 4.99 Å². The Bertz CT molecular complexity index is 461. The third-order valence-electron chi connectivity index (χ3n) is 2.33. The topological polar surface area (TPSA) is 49.8 Å². The third-order valence-corrected chi connectivity index (χ3v) is 2.33. The van der Waals surface area contributed by atoms with Crippen LogP contribution in [0.4, 0.5) is 4.48 Å². The molecular weight excluding hydrogens is 235 g/mol. The van der Waals surface area contributed by atoms with E-state index in [0.717, 1.165) is 5.56 Å². The van der Waals surface area contributed by atoms with Crippen molar-refractivity contribution in [1.29, 1.82) is 0 Å². The van der Waals surface area contributed by atoms with Gasteiger partial charge < -0.3 is 10.1 Å². The molecule has 0 radical (unpaired) electrons. The summed E-state index contributed by atoms with van der Waals surface area (Å²) in [6.07, 6.45) is 4.65. The largest absolute Gasteiger partial charge is 0.478 e. The molecule has 1 aromatic heterocycles. The zero-order valence-electron chi connectivity index (χ0n) is 10.1. The first-order chi connectivity index (χ1) is 8.79. The molecule has 1 aliphatic rings. The Balaban J connectivity index is 1.93. The highest BCUT2D eigenvalue weighted by atomic mass is 19.2. The van der Waals surface area contributed by atoms with Crippen LogP contribution in [0.1, 0.15) is 12.5 Å². The molecule has 96 valence electrons.